The van der Waals surface area contributed by atoms with Crippen molar-refractivity contribution in [2.24, 2.45) is 11.8 Å². The van der Waals surface area contributed by atoms with Crippen molar-refractivity contribution in [3.63, 3.8) is 0 Å². The van der Waals surface area contributed by atoms with E-state index in [-0.39, 0.29) is 0 Å². The predicted octanol–water partition coefficient (Wildman–Crippen LogP) is 2.92. The molecule has 88 valence electrons. The van der Waals surface area contributed by atoms with E-state index in [0.29, 0.717) is 24.0 Å². The van der Waals surface area contributed by atoms with E-state index in [0.717, 1.165) is 0 Å². The van der Waals surface area contributed by atoms with Gasteiger partial charge in [0, 0.05) is 11.7 Å². The van der Waals surface area contributed by atoms with Gasteiger partial charge in [0.15, 0.2) is 5.79 Å². The zero-order valence-electron chi connectivity index (χ0n) is 10.2. The second kappa shape index (κ2) is 4.27. The lowest BCUT2D eigenvalue weighted by Gasteiger charge is -2.49. The quantitative estimate of drug-likeness (QED) is 0.690. The van der Waals surface area contributed by atoms with E-state index in [4.69, 9.17) is 9.47 Å². The molecule has 0 amide bonds. The summed E-state index contributed by atoms with van der Waals surface area (Å²) in [5.41, 5.74) is 0. The predicted molar refractivity (Wildman–Crippen MR) is 64.1 cm³/mol. The molecule has 2 aliphatic heterocycles. The fourth-order valence-corrected chi connectivity index (χ4v) is 3.87. The number of thioether (sulfide) groups is 1. The molecule has 2 rings (SSSR count). The zero-order valence-corrected chi connectivity index (χ0v) is 11.0. The summed E-state index contributed by atoms with van der Waals surface area (Å²) in [4.78, 5) is 0. The average Bonchev–Trinajstić information content (AvgIpc) is 2.14. The van der Waals surface area contributed by atoms with E-state index >= 15 is 0 Å². The minimum atomic E-state index is -0.391. The Morgan fingerprint density at radius 1 is 1.27 bits per heavy atom. The largest absolute Gasteiger partial charge is 0.347 e. The van der Waals surface area contributed by atoms with Gasteiger partial charge in [-0.05, 0) is 31.9 Å². The molecule has 0 aromatic carbocycles. The molecule has 0 spiro atoms. The summed E-state index contributed by atoms with van der Waals surface area (Å²) in [5, 5.41) is 0. The molecule has 2 aliphatic rings. The number of fused-ring (bicyclic) bond motifs is 1. The molecule has 3 heteroatoms. The van der Waals surface area contributed by atoms with Crippen LogP contribution in [-0.2, 0) is 9.47 Å². The molecule has 2 fully saturated rings. The van der Waals surface area contributed by atoms with E-state index in [1.54, 1.807) is 0 Å². The second-order valence-electron chi connectivity index (χ2n) is 5.41. The molecule has 0 radical (unpaired) electrons. The van der Waals surface area contributed by atoms with Crippen molar-refractivity contribution in [3.8, 4) is 0 Å². The van der Waals surface area contributed by atoms with Crippen LogP contribution in [0.4, 0.5) is 0 Å². The molecule has 0 saturated carbocycles. The summed E-state index contributed by atoms with van der Waals surface area (Å²) in [5.74, 6) is 3.22. The second-order valence-corrected chi connectivity index (χ2v) is 6.56. The van der Waals surface area contributed by atoms with Gasteiger partial charge in [-0.3, -0.25) is 0 Å². The average molecular weight is 230 g/mol. The molecule has 3 atom stereocenters. The Balaban J connectivity index is 2.14. The van der Waals surface area contributed by atoms with Crippen molar-refractivity contribution < 1.29 is 9.47 Å². The van der Waals surface area contributed by atoms with E-state index in [2.05, 4.69) is 13.8 Å². The Labute approximate surface area is 97.1 Å². The third kappa shape index (κ3) is 2.51. The fraction of sp³-hybridized carbons (Fsp3) is 1.00. The van der Waals surface area contributed by atoms with Crippen molar-refractivity contribution >= 4 is 11.8 Å². The first-order valence-electron chi connectivity index (χ1n) is 5.93. The maximum absolute atomic E-state index is 6.07. The highest BCUT2D eigenvalue weighted by atomic mass is 32.2. The van der Waals surface area contributed by atoms with Crippen molar-refractivity contribution in [2.45, 2.75) is 52.1 Å². The summed E-state index contributed by atoms with van der Waals surface area (Å²) in [6, 6.07) is 0. The van der Waals surface area contributed by atoms with E-state index in [1.165, 1.54) is 17.9 Å². The number of hydrogen-bond donors (Lipinski definition) is 0. The van der Waals surface area contributed by atoms with Crippen LogP contribution in [0.2, 0.25) is 0 Å². The van der Waals surface area contributed by atoms with E-state index in [1.807, 2.05) is 25.6 Å². The van der Waals surface area contributed by atoms with Gasteiger partial charge in [0.1, 0.15) is 0 Å². The molecule has 0 bridgehead atoms. The Hall–Kier alpha value is 0.270. The van der Waals surface area contributed by atoms with Gasteiger partial charge in [-0.25, -0.2) is 0 Å². The van der Waals surface area contributed by atoms with Gasteiger partial charge in [0.25, 0.3) is 0 Å². The third-order valence-electron chi connectivity index (χ3n) is 3.27. The van der Waals surface area contributed by atoms with Gasteiger partial charge in [-0.2, -0.15) is 11.8 Å². The Morgan fingerprint density at radius 3 is 2.67 bits per heavy atom. The zero-order chi connectivity index (χ0) is 11.1. The van der Waals surface area contributed by atoms with Gasteiger partial charge >= 0.3 is 0 Å². The van der Waals surface area contributed by atoms with E-state index < -0.39 is 5.79 Å². The molecule has 0 aromatic heterocycles. The minimum Gasteiger partial charge on any atom is -0.347 e. The van der Waals surface area contributed by atoms with Crippen molar-refractivity contribution in [1.29, 1.82) is 0 Å². The third-order valence-corrected chi connectivity index (χ3v) is 4.41. The molecule has 0 aromatic rings. The van der Waals surface area contributed by atoms with Crippen LogP contribution in [0.3, 0.4) is 0 Å². The van der Waals surface area contributed by atoms with Crippen molar-refractivity contribution in [3.05, 3.63) is 0 Å². The molecular formula is C12H22O2S. The van der Waals surface area contributed by atoms with Crippen LogP contribution in [0, 0.1) is 11.8 Å². The van der Waals surface area contributed by atoms with Gasteiger partial charge in [-0.1, -0.05) is 13.8 Å². The fourth-order valence-electron chi connectivity index (χ4n) is 2.63. The van der Waals surface area contributed by atoms with Crippen molar-refractivity contribution in [1.82, 2.24) is 0 Å². The SMILES string of the molecule is CC(C)[C@@H]1OC(C)(C)O[C@@H]2CCSC[C@H]21. The number of hydrogen-bond acceptors (Lipinski definition) is 3. The first kappa shape index (κ1) is 11.7. The summed E-state index contributed by atoms with van der Waals surface area (Å²) < 4.78 is 12.1. The lowest BCUT2D eigenvalue weighted by Crippen LogP contribution is -2.54. The lowest BCUT2D eigenvalue weighted by molar-refractivity contribution is -0.325. The van der Waals surface area contributed by atoms with Gasteiger partial charge in [-0.15, -0.1) is 0 Å². The highest BCUT2D eigenvalue weighted by Crippen LogP contribution is 2.40. The standard InChI is InChI=1S/C12H22O2S/c1-8(2)11-9-7-15-6-5-10(9)13-12(3,4)14-11/h8-11H,5-7H2,1-4H3/t9-,10-,11+/m1/s1. The first-order valence-corrected chi connectivity index (χ1v) is 7.08. The van der Waals surface area contributed by atoms with Gasteiger partial charge < -0.3 is 9.47 Å². The molecule has 2 saturated heterocycles. The van der Waals surface area contributed by atoms with Crippen molar-refractivity contribution in [2.75, 3.05) is 11.5 Å². The summed E-state index contributed by atoms with van der Waals surface area (Å²) >= 11 is 2.04. The normalized spacial score (nSPS) is 40.2. The molecule has 0 unspecified atom stereocenters. The summed E-state index contributed by atoms with van der Waals surface area (Å²) in [7, 11) is 0. The maximum atomic E-state index is 6.07. The van der Waals surface area contributed by atoms with Crippen LogP contribution >= 0.6 is 11.8 Å². The van der Waals surface area contributed by atoms with E-state index in [9.17, 15) is 0 Å². The topological polar surface area (TPSA) is 18.5 Å². The lowest BCUT2D eigenvalue weighted by atomic mass is 9.87. The molecule has 0 aliphatic carbocycles. The summed E-state index contributed by atoms with van der Waals surface area (Å²) in [6.45, 7) is 8.59. The smallest absolute Gasteiger partial charge is 0.163 e. The molecule has 15 heavy (non-hydrogen) atoms. The van der Waals surface area contributed by atoms with Crippen LogP contribution < -0.4 is 0 Å². The number of ether oxygens (including phenoxy) is 2. The Kier molecular flexibility index (Phi) is 3.34. The van der Waals surface area contributed by atoms with Crippen LogP contribution in [0.15, 0.2) is 0 Å². The van der Waals surface area contributed by atoms with Gasteiger partial charge in [0.05, 0.1) is 12.2 Å². The van der Waals surface area contributed by atoms with Crippen LogP contribution in [0.5, 0.6) is 0 Å². The summed E-state index contributed by atoms with van der Waals surface area (Å²) in [6.07, 6.45) is 1.97. The maximum Gasteiger partial charge on any atom is 0.163 e. The molecule has 2 heterocycles. The highest BCUT2D eigenvalue weighted by Gasteiger charge is 2.45. The van der Waals surface area contributed by atoms with Crippen LogP contribution in [0.25, 0.3) is 0 Å². The van der Waals surface area contributed by atoms with Crippen LogP contribution in [0.1, 0.15) is 34.1 Å². The minimum absolute atomic E-state index is 0.367. The van der Waals surface area contributed by atoms with Crippen LogP contribution in [-0.4, -0.2) is 29.5 Å². The number of rotatable bonds is 1. The Morgan fingerprint density at radius 2 is 2.00 bits per heavy atom. The Bertz CT molecular complexity index is 228. The van der Waals surface area contributed by atoms with Gasteiger partial charge in [0.2, 0.25) is 0 Å². The first-order chi connectivity index (χ1) is 6.99. The molecule has 2 nitrogen and oxygen atoms in total. The monoisotopic (exact) mass is 230 g/mol. The molecule has 0 N–H and O–H groups in total. The highest BCUT2D eigenvalue weighted by molar-refractivity contribution is 7.99. The molecular weight excluding hydrogens is 208 g/mol.